The second kappa shape index (κ2) is 6.83. The molecule has 5 nitrogen and oxygen atoms in total. The summed E-state index contributed by atoms with van der Waals surface area (Å²) in [6.07, 6.45) is 5.58. The maximum Gasteiger partial charge on any atom is 0.225 e. The Morgan fingerprint density at radius 1 is 0.917 bits per heavy atom. The molecule has 1 aliphatic heterocycles. The van der Waals surface area contributed by atoms with Gasteiger partial charge in [-0.05, 0) is 43.5 Å². The number of nitrogens with one attached hydrogen (secondary N) is 1. The zero-order valence-electron chi connectivity index (χ0n) is 13.7. The lowest BCUT2D eigenvalue weighted by atomic mass is 10.1. The van der Waals surface area contributed by atoms with Crippen molar-refractivity contribution in [1.82, 2.24) is 15.0 Å². The molecule has 0 amide bonds. The van der Waals surface area contributed by atoms with Crippen LogP contribution in [0.25, 0.3) is 10.9 Å². The normalized spacial score (nSPS) is 14.8. The highest BCUT2D eigenvalue weighted by Crippen LogP contribution is 2.27. The van der Waals surface area contributed by atoms with Crippen LogP contribution >= 0.6 is 0 Å². The Bertz CT molecular complexity index is 812. The second-order valence-electron chi connectivity index (χ2n) is 6.11. The molecule has 122 valence electrons. The third-order valence-corrected chi connectivity index (χ3v) is 4.39. The van der Waals surface area contributed by atoms with Gasteiger partial charge in [0, 0.05) is 24.7 Å². The van der Waals surface area contributed by atoms with E-state index < -0.39 is 0 Å². The minimum Gasteiger partial charge on any atom is -0.356 e. The van der Waals surface area contributed by atoms with E-state index in [-0.39, 0.29) is 0 Å². The number of hydrogen-bond acceptors (Lipinski definition) is 5. The fraction of sp³-hybridized carbons (Fsp3) is 0.316. The van der Waals surface area contributed by atoms with Crippen molar-refractivity contribution in [3.8, 4) is 0 Å². The highest BCUT2D eigenvalue weighted by Gasteiger charge is 2.16. The van der Waals surface area contributed by atoms with Crippen LogP contribution in [0.4, 0.5) is 11.8 Å². The van der Waals surface area contributed by atoms with Gasteiger partial charge in [-0.15, -0.1) is 0 Å². The van der Waals surface area contributed by atoms with Gasteiger partial charge in [-0.2, -0.15) is 4.98 Å². The summed E-state index contributed by atoms with van der Waals surface area (Å²) in [6, 6.07) is 14.2. The lowest BCUT2D eigenvalue weighted by Gasteiger charge is -2.28. The van der Waals surface area contributed by atoms with Crippen molar-refractivity contribution in [3.63, 3.8) is 0 Å². The lowest BCUT2D eigenvalue weighted by Crippen LogP contribution is -2.30. The van der Waals surface area contributed by atoms with Crippen molar-refractivity contribution in [2.45, 2.75) is 25.8 Å². The molecule has 5 heteroatoms. The summed E-state index contributed by atoms with van der Waals surface area (Å²) in [6.45, 7) is 2.76. The molecule has 0 unspecified atom stereocenters. The number of piperidine rings is 1. The van der Waals surface area contributed by atoms with E-state index in [4.69, 9.17) is 4.98 Å². The van der Waals surface area contributed by atoms with Crippen LogP contribution in [0.3, 0.4) is 0 Å². The standard InChI is InChI=1S/C19H21N5/c1-6-12-24(13-7-1)18-16-9-2-3-10-17(16)22-19(23-18)21-14-15-8-4-5-11-20-15/h2-5,8-11H,1,6-7,12-14H2,(H,21,22,23). The topological polar surface area (TPSA) is 53.9 Å². The molecular formula is C19H21N5. The molecule has 2 aromatic heterocycles. The molecule has 0 saturated carbocycles. The van der Waals surface area contributed by atoms with Gasteiger partial charge in [0.1, 0.15) is 5.82 Å². The van der Waals surface area contributed by atoms with Gasteiger partial charge in [-0.25, -0.2) is 4.98 Å². The van der Waals surface area contributed by atoms with E-state index in [9.17, 15) is 0 Å². The molecule has 1 fully saturated rings. The molecule has 0 spiro atoms. The highest BCUT2D eigenvalue weighted by molar-refractivity contribution is 5.90. The fourth-order valence-electron chi connectivity index (χ4n) is 3.16. The van der Waals surface area contributed by atoms with E-state index in [1.165, 1.54) is 19.3 Å². The molecule has 3 heterocycles. The van der Waals surface area contributed by atoms with Crippen LogP contribution in [-0.4, -0.2) is 28.0 Å². The fourth-order valence-corrected chi connectivity index (χ4v) is 3.16. The number of pyridine rings is 1. The molecule has 1 N–H and O–H groups in total. The van der Waals surface area contributed by atoms with Gasteiger partial charge in [0.25, 0.3) is 0 Å². The Hall–Kier alpha value is -2.69. The first-order valence-corrected chi connectivity index (χ1v) is 8.56. The number of para-hydroxylation sites is 1. The quantitative estimate of drug-likeness (QED) is 0.796. The molecule has 4 rings (SSSR count). The summed E-state index contributed by atoms with van der Waals surface area (Å²) in [7, 11) is 0. The van der Waals surface area contributed by atoms with Crippen LogP contribution < -0.4 is 10.2 Å². The van der Waals surface area contributed by atoms with Crippen molar-refractivity contribution in [3.05, 3.63) is 54.4 Å². The molecule has 24 heavy (non-hydrogen) atoms. The van der Waals surface area contributed by atoms with Crippen molar-refractivity contribution in [2.75, 3.05) is 23.3 Å². The first-order chi connectivity index (χ1) is 11.9. The second-order valence-corrected chi connectivity index (χ2v) is 6.11. The van der Waals surface area contributed by atoms with Crippen LogP contribution in [0.5, 0.6) is 0 Å². The molecule has 1 saturated heterocycles. The molecule has 0 atom stereocenters. The zero-order valence-corrected chi connectivity index (χ0v) is 13.7. The predicted octanol–water partition coefficient (Wildman–Crippen LogP) is 3.63. The van der Waals surface area contributed by atoms with E-state index in [0.717, 1.165) is 35.5 Å². The van der Waals surface area contributed by atoms with E-state index in [2.05, 4.69) is 38.4 Å². The Morgan fingerprint density at radius 3 is 2.58 bits per heavy atom. The molecule has 1 aromatic carbocycles. The average molecular weight is 319 g/mol. The zero-order chi connectivity index (χ0) is 16.2. The van der Waals surface area contributed by atoms with Crippen LogP contribution in [0, 0.1) is 0 Å². The van der Waals surface area contributed by atoms with Crippen molar-refractivity contribution in [2.24, 2.45) is 0 Å². The van der Waals surface area contributed by atoms with Gasteiger partial charge in [0.05, 0.1) is 17.8 Å². The van der Waals surface area contributed by atoms with Gasteiger partial charge in [0.2, 0.25) is 5.95 Å². The first-order valence-electron chi connectivity index (χ1n) is 8.56. The Kier molecular flexibility index (Phi) is 4.23. The number of nitrogens with zero attached hydrogens (tertiary/aromatic N) is 4. The minimum atomic E-state index is 0.624. The minimum absolute atomic E-state index is 0.624. The smallest absolute Gasteiger partial charge is 0.225 e. The Morgan fingerprint density at radius 2 is 1.75 bits per heavy atom. The maximum absolute atomic E-state index is 4.82. The molecule has 0 bridgehead atoms. The summed E-state index contributed by atoms with van der Waals surface area (Å²) >= 11 is 0. The first kappa shape index (κ1) is 14.9. The van der Waals surface area contributed by atoms with Crippen LogP contribution in [0.15, 0.2) is 48.7 Å². The molecule has 3 aromatic rings. The number of fused-ring (bicyclic) bond motifs is 1. The summed E-state index contributed by atoms with van der Waals surface area (Å²) in [4.78, 5) is 16.2. The molecule has 0 radical (unpaired) electrons. The Labute approximate surface area is 141 Å². The lowest BCUT2D eigenvalue weighted by molar-refractivity contribution is 0.574. The highest BCUT2D eigenvalue weighted by atomic mass is 15.2. The largest absolute Gasteiger partial charge is 0.356 e. The predicted molar refractivity (Wildman–Crippen MR) is 97.2 cm³/mol. The number of rotatable bonds is 4. The SMILES string of the molecule is c1ccc(CNc2nc(N3CCCCC3)c3ccccc3n2)nc1. The monoisotopic (exact) mass is 319 g/mol. The number of benzene rings is 1. The van der Waals surface area contributed by atoms with Crippen LogP contribution in [0.2, 0.25) is 0 Å². The number of hydrogen-bond donors (Lipinski definition) is 1. The third kappa shape index (κ3) is 3.15. The van der Waals surface area contributed by atoms with Gasteiger partial charge < -0.3 is 10.2 Å². The number of anilines is 2. The van der Waals surface area contributed by atoms with Crippen LogP contribution in [-0.2, 0) is 6.54 Å². The van der Waals surface area contributed by atoms with E-state index in [1.807, 2.05) is 24.3 Å². The van der Waals surface area contributed by atoms with Gasteiger partial charge in [-0.1, -0.05) is 18.2 Å². The molecular weight excluding hydrogens is 298 g/mol. The van der Waals surface area contributed by atoms with Crippen LogP contribution in [0.1, 0.15) is 25.0 Å². The summed E-state index contributed by atoms with van der Waals surface area (Å²) in [5.74, 6) is 1.71. The summed E-state index contributed by atoms with van der Waals surface area (Å²) in [5, 5.41) is 4.45. The summed E-state index contributed by atoms with van der Waals surface area (Å²) < 4.78 is 0. The maximum atomic E-state index is 4.82. The molecule has 0 aliphatic carbocycles. The Balaban J connectivity index is 1.65. The van der Waals surface area contributed by atoms with Gasteiger partial charge in [0.15, 0.2) is 0 Å². The van der Waals surface area contributed by atoms with Crippen molar-refractivity contribution < 1.29 is 0 Å². The third-order valence-electron chi connectivity index (χ3n) is 4.39. The van der Waals surface area contributed by atoms with Crippen molar-refractivity contribution in [1.29, 1.82) is 0 Å². The molecule has 1 aliphatic rings. The van der Waals surface area contributed by atoms with Gasteiger partial charge >= 0.3 is 0 Å². The average Bonchev–Trinajstić information content (AvgIpc) is 2.67. The van der Waals surface area contributed by atoms with Gasteiger partial charge in [-0.3, -0.25) is 4.98 Å². The van der Waals surface area contributed by atoms with E-state index in [1.54, 1.807) is 6.20 Å². The summed E-state index contributed by atoms with van der Waals surface area (Å²) in [5.41, 5.74) is 1.96. The van der Waals surface area contributed by atoms with E-state index >= 15 is 0 Å². The number of aromatic nitrogens is 3. The van der Waals surface area contributed by atoms with Crippen molar-refractivity contribution >= 4 is 22.7 Å². The van der Waals surface area contributed by atoms with E-state index in [0.29, 0.717) is 12.5 Å².